The predicted molar refractivity (Wildman–Crippen MR) is 191 cm³/mol. The lowest BCUT2D eigenvalue weighted by atomic mass is 9.59. The van der Waals surface area contributed by atoms with Crippen molar-refractivity contribution in [2.75, 3.05) is 26.4 Å². The molecule has 0 atom stereocenters. The largest absolute Gasteiger partial charge is 0.491 e. The van der Waals surface area contributed by atoms with Gasteiger partial charge in [-0.05, 0) is 74.2 Å². The highest BCUT2D eigenvalue weighted by molar-refractivity contribution is 5.68. The lowest BCUT2D eigenvalue weighted by Crippen LogP contribution is -2.36. The molecule has 1 aliphatic carbocycles. The minimum Gasteiger partial charge on any atom is -0.491 e. The molecule has 0 aliphatic heterocycles. The monoisotopic (exact) mass is 632 g/mol. The van der Waals surface area contributed by atoms with Crippen LogP contribution in [-0.2, 0) is 24.7 Å². The summed E-state index contributed by atoms with van der Waals surface area (Å²) < 4.78 is 12.3. The SMILES string of the molecule is OCCOc1ccc(C2(c3ccc(OCCO)c(Cc4ccccc4)c3)c3ccccc3Cc3ccccc32)cc1Cc1ccccc1. The molecule has 0 saturated heterocycles. The molecule has 240 valence electrons. The number of aliphatic hydroxyl groups is 2. The first-order valence-corrected chi connectivity index (χ1v) is 16.7. The number of aliphatic hydroxyl groups excluding tert-OH is 2. The number of hydrogen-bond acceptors (Lipinski definition) is 4. The summed E-state index contributed by atoms with van der Waals surface area (Å²) in [6.45, 7) is 0.365. The van der Waals surface area contributed by atoms with Gasteiger partial charge in [0, 0.05) is 12.8 Å². The van der Waals surface area contributed by atoms with Gasteiger partial charge in [0.25, 0.3) is 0 Å². The lowest BCUT2D eigenvalue weighted by molar-refractivity contribution is 0.200. The van der Waals surface area contributed by atoms with Crippen LogP contribution in [0.1, 0.15) is 55.6 Å². The Morgan fingerprint density at radius 2 is 0.896 bits per heavy atom. The van der Waals surface area contributed by atoms with Crippen LogP contribution in [0.5, 0.6) is 11.5 Å². The van der Waals surface area contributed by atoms with Crippen molar-refractivity contribution in [2.45, 2.75) is 24.7 Å². The third-order valence-corrected chi connectivity index (χ3v) is 9.38. The Balaban J connectivity index is 1.50. The lowest BCUT2D eigenvalue weighted by Gasteiger charge is -2.43. The number of ether oxygens (including phenoxy) is 2. The molecule has 0 fully saturated rings. The Bertz CT molecular complexity index is 1840. The van der Waals surface area contributed by atoms with Gasteiger partial charge in [-0.25, -0.2) is 0 Å². The first-order valence-electron chi connectivity index (χ1n) is 16.7. The van der Waals surface area contributed by atoms with Crippen LogP contribution in [0.25, 0.3) is 0 Å². The van der Waals surface area contributed by atoms with Gasteiger partial charge in [-0.3, -0.25) is 0 Å². The van der Waals surface area contributed by atoms with E-state index in [0.717, 1.165) is 40.2 Å². The summed E-state index contributed by atoms with van der Waals surface area (Å²) in [6.07, 6.45) is 2.25. The molecule has 0 unspecified atom stereocenters. The number of fused-ring (bicyclic) bond motifs is 2. The fourth-order valence-corrected chi connectivity index (χ4v) is 7.35. The smallest absolute Gasteiger partial charge is 0.122 e. The van der Waals surface area contributed by atoms with E-state index >= 15 is 0 Å². The molecule has 6 aromatic carbocycles. The maximum atomic E-state index is 9.63. The van der Waals surface area contributed by atoms with Crippen molar-refractivity contribution in [3.05, 3.63) is 201 Å². The Hall–Kier alpha value is -5.16. The van der Waals surface area contributed by atoms with E-state index in [1.807, 2.05) is 12.1 Å². The van der Waals surface area contributed by atoms with Crippen molar-refractivity contribution in [3.63, 3.8) is 0 Å². The van der Waals surface area contributed by atoms with Crippen molar-refractivity contribution in [1.29, 1.82) is 0 Å². The maximum Gasteiger partial charge on any atom is 0.122 e. The fraction of sp³-hybridized carbons (Fsp3) is 0.182. The highest BCUT2D eigenvalue weighted by Gasteiger charge is 2.44. The zero-order chi connectivity index (χ0) is 32.8. The standard InChI is InChI=1S/C44H40O4/c45-23-25-47-42-21-19-38(30-36(42)27-32-11-3-1-4-12-32)44(40-17-9-7-15-34(40)29-35-16-8-10-18-41(35)44)39-20-22-43(48-26-24-46)37(31-39)28-33-13-5-2-6-14-33/h1-22,30-31,45-46H,23-29H2. The van der Waals surface area contributed by atoms with Crippen LogP contribution >= 0.6 is 0 Å². The van der Waals surface area contributed by atoms with E-state index in [0.29, 0.717) is 12.8 Å². The van der Waals surface area contributed by atoms with Crippen LogP contribution in [0.3, 0.4) is 0 Å². The van der Waals surface area contributed by atoms with Crippen molar-refractivity contribution < 1.29 is 19.7 Å². The summed E-state index contributed by atoms with van der Waals surface area (Å²) in [6, 6.07) is 51.7. The summed E-state index contributed by atoms with van der Waals surface area (Å²) >= 11 is 0. The van der Waals surface area contributed by atoms with Crippen molar-refractivity contribution in [2.24, 2.45) is 0 Å². The van der Waals surface area contributed by atoms with Gasteiger partial charge in [-0.15, -0.1) is 0 Å². The second-order valence-electron chi connectivity index (χ2n) is 12.4. The molecule has 0 spiro atoms. The van der Waals surface area contributed by atoms with Crippen LogP contribution in [0.4, 0.5) is 0 Å². The minimum atomic E-state index is -0.632. The Morgan fingerprint density at radius 3 is 1.33 bits per heavy atom. The molecule has 6 aromatic rings. The normalized spacial score (nSPS) is 13.0. The van der Waals surface area contributed by atoms with E-state index in [2.05, 4.69) is 133 Å². The van der Waals surface area contributed by atoms with E-state index in [-0.39, 0.29) is 26.4 Å². The van der Waals surface area contributed by atoms with Gasteiger partial charge in [0.15, 0.2) is 0 Å². The average Bonchev–Trinajstić information content (AvgIpc) is 3.13. The molecular weight excluding hydrogens is 592 g/mol. The fourth-order valence-electron chi connectivity index (χ4n) is 7.35. The quantitative estimate of drug-likeness (QED) is 0.144. The van der Waals surface area contributed by atoms with Gasteiger partial charge in [0.05, 0.1) is 18.6 Å². The van der Waals surface area contributed by atoms with Crippen LogP contribution in [0.2, 0.25) is 0 Å². The molecule has 0 aromatic heterocycles. The maximum absolute atomic E-state index is 9.63. The van der Waals surface area contributed by atoms with E-state index in [4.69, 9.17) is 9.47 Å². The Kier molecular flexibility index (Phi) is 9.37. The van der Waals surface area contributed by atoms with E-state index in [1.54, 1.807) is 0 Å². The Morgan fingerprint density at radius 1 is 0.479 bits per heavy atom. The second-order valence-corrected chi connectivity index (χ2v) is 12.4. The molecule has 48 heavy (non-hydrogen) atoms. The Labute approximate surface area is 282 Å². The summed E-state index contributed by atoms with van der Waals surface area (Å²) in [7, 11) is 0. The third kappa shape index (κ3) is 6.13. The molecule has 0 radical (unpaired) electrons. The van der Waals surface area contributed by atoms with Gasteiger partial charge in [-0.1, -0.05) is 133 Å². The van der Waals surface area contributed by atoms with Crippen LogP contribution in [-0.4, -0.2) is 36.6 Å². The molecule has 0 bridgehead atoms. The first-order chi connectivity index (χ1) is 23.7. The number of hydrogen-bond donors (Lipinski definition) is 2. The first kappa shape index (κ1) is 31.4. The van der Waals surface area contributed by atoms with Gasteiger partial charge < -0.3 is 19.7 Å². The molecule has 4 nitrogen and oxygen atoms in total. The van der Waals surface area contributed by atoms with Crippen LogP contribution in [0, 0.1) is 0 Å². The zero-order valence-electron chi connectivity index (χ0n) is 27.0. The molecule has 0 heterocycles. The predicted octanol–water partition coefficient (Wildman–Crippen LogP) is 7.90. The van der Waals surface area contributed by atoms with E-state index in [9.17, 15) is 10.2 Å². The van der Waals surface area contributed by atoms with E-state index in [1.165, 1.54) is 33.4 Å². The molecule has 1 aliphatic rings. The zero-order valence-corrected chi connectivity index (χ0v) is 27.0. The second kappa shape index (κ2) is 14.3. The summed E-state index contributed by atoms with van der Waals surface area (Å²) in [5.74, 6) is 1.56. The topological polar surface area (TPSA) is 58.9 Å². The molecule has 0 saturated carbocycles. The number of rotatable bonds is 12. The summed E-state index contributed by atoms with van der Waals surface area (Å²) in [4.78, 5) is 0. The van der Waals surface area contributed by atoms with Crippen LogP contribution < -0.4 is 9.47 Å². The molecular formula is C44H40O4. The molecule has 2 N–H and O–H groups in total. The minimum absolute atomic E-state index is 0.0495. The highest BCUT2D eigenvalue weighted by atomic mass is 16.5. The van der Waals surface area contributed by atoms with E-state index < -0.39 is 5.41 Å². The summed E-state index contributed by atoms with van der Waals surface area (Å²) in [5.41, 5.74) is 11.3. The van der Waals surface area contributed by atoms with Crippen LogP contribution in [0.15, 0.2) is 146 Å². The van der Waals surface area contributed by atoms with Crippen molar-refractivity contribution in [3.8, 4) is 11.5 Å². The summed E-state index contributed by atoms with van der Waals surface area (Å²) in [5, 5.41) is 19.3. The number of benzene rings is 6. The molecule has 0 amide bonds. The third-order valence-electron chi connectivity index (χ3n) is 9.38. The van der Waals surface area contributed by atoms with Crippen molar-refractivity contribution in [1.82, 2.24) is 0 Å². The molecule has 4 heteroatoms. The van der Waals surface area contributed by atoms with Gasteiger partial charge in [0.2, 0.25) is 0 Å². The average molecular weight is 633 g/mol. The molecule has 7 rings (SSSR count). The van der Waals surface area contributed by atoms with Crippen molar-refractivity contribution >= 4 is 0 Å². The van der Waals surface area contributed by atoms with Gasteiger partial charge in [-0.2, -0.15) is 0 Å². The van der Waals surface area contributed by atoms with Gasteiger partial charge in [0.1, 0.15) is 24.7 Å². The highest BCUT2D eigenvalue weighted by Crippen LogP contribution is 2.52. The van der Waals surface area contributed by atoms with Gasteiger partial charge >= 0.3 is 0 Å².